The van der Waals surface area contributed by atoms with Crippen molar-refractivity contribution in [3.8, 4) is 0 Å². The Bertz CT molecular complexity index is 325. The van der Waals surface area contributed by atoms with Gasteiger partial charge in [-0.25, -0.2) is 9.97 Å². The molecular weight excluding hydrogens is 192 g/mol. The minimum Gasteiger partial charge on any atom is -0.226 e. The lowest BCUT2D eigenvalue weighted by Crippen LogP contribution is -2.10. The van der Waals surface area contributed by atoms with Gasteiger partial charge in [0.15, 0.2) is 0 Å². The minimum absolute atomic E-state index is 0.0991. The van der Waals surface area contributed by atoms with Crippen molar-refractivity contribution in [3.63, 3.8) is 0 Å². The van der Waals surface area contributed by atoms with Crippen molar-refractivity contribution in [2.45, 2.75) is 24.3 Å². The molecule has 64 valence electrons. The predicted molar refractivity (Wildman–Crippen MR) is 51.4 cm³/mol. The zero-order chi connectivity index (χ0) is 8.77. The first-order valence-electron chi connectivity index (χ1n) is 3.75. The van der Waals surface area contributed by atoms with E-state index in [1.54, 1.807) is 0 Å². The van der Waals surface area contributed by atoms with Crippen LogP contribution in [0, 0.1) is 0 Å². The van der Waals surface area contributed by atoms with Gasteiger partial charge >= 0.3 is 0 Å². The molecule has 0 aromatic carbocycles. The van der Waals surface area contributed by atoms with Gasteiger partial charge in [-0.1, -0.05) is 0 Å². The molecule has 0 unspecified atom stereocenters. The molecule has 0 spiro atoms. The maximum atomic E-state index is 5.72. The number of nitrogens with zero attached hydrogens (tertiary/aromatic N) is 2. The Labute approximate surface area is 80.8 Å². The van der Waals surface area contributed by atoms with Crippen LogP contribution in [0.25, 0.3) is 0 Å². The van der Waals surface area contributed by atoms with E-state index < -0.39 is 0 Å². The highest BCUT2D eigenvalue weighted by Crippen LogP contribution is 2.45. The summed E-state index contributed by atoms with van der Waals surface area (Å²) in [6.07, 6.45) is 1.83. The maximum Gasteiger partial charge on any atom is 0.222 e. The van der Waals surface area contributed by atoms with Crippen LogP contribution in [0.5, 0.6) is 0 Å². The van der Waals surface area contributed by atoms with Gasteiger partial charge in [-0.3, -0.25) is 0 Å². The van der Waals surface area contributed by atoms with Gasteiger partial charge in [-0.2, -0.15) is 0 Å². The third-order valence-corrected chi connectivity index (χ3v) is 3.55. The van der Waals surface area contributed by atoms with Crippen LogP contribution >= 0.6 is 23.4 Å². The third kappa shape index (κ3) is 1.21. The van der Waals surface area contributed by atoms with Crippen molar-refractivity contribution in [1.82, 2.24) is 9.97 Å². The lowest BCUT2D eigenvalue weighted by molar-refractivity contribution is 0.751. The van der Waals surface area contributed by atoms with E-state index in [0.717, 1.165) is 11.4 Å². The van der Waals surface area contributed by atoms with E-state index in [0.29, 0.717) is 5.28 Å². The van der Waals surface area contributed by atoms with Gasteiger partial charge in [0, 0.05) is 17.5 Å². The molecule has 0 saturated carbocycles. The molecule has 0 saturated heterocycles. The van der Waals surface area contributed by atoms with Gasteiger partial charge in [0.05, 0.1) is 10.4 Å². The third-order valence-electron chi connectivity index (χ3n) is 1.99. The predicted octanol–water partition coefficient (Wildman–Crippen LogP) is 2.61. The van der Waals surface area contributed by atoms with E-state index >= 15 is 0 Å². The molecule has 0 bridgehead atoms. The second-order valence-electron chi connectivity index (χ2n) is 3.31. The molecule has 2 heterocycles. The fourth-order valence-corrected chi connectivity index (χ4v) is 2.51. The summed E-state index contributed by atoms with van der Waals surface area (Å²) < 4.78 is 0.0991. The van der Waals surface area contributed by atoms with E-state index in [1.807, 2.05) is 18.0 Å². The molecule has 0 aliphatic carbocycles. The van der Waals surface area contributed by atoms with Crippen molar-refractivity contribution in [1.29, 1.82) is 0 Å². The van der Waals surface area contributed by atoms with Gasteiger partial charge in [0.25, 0.3) is 0 Å². The van der Waals surface area contributed by atoms with E-state index in [4.69, 9.17) is 11.6 Å². The first kappa shape index (κ1) is 8.32. The number of fused-ring (bicyclic) bond motifs is 1. The van der Waals surface area contributed by atoms with Crippen LogP contribution in [-0.4, -0.2) is 9.97 Å². The first-order valence-corrected chi connectivity index (χ1v) is 5.12. The number of rotatable bonds is 0. The fraction of sp³-hybridized carbons (Fsp3) is 0.500. The molecule has 0 amide bonds. The average Bonchev–Trinajstić information content (AvgIpc) is 2.28. The summed E-state index contributed by atoms with van der Waals surface area (Å²) in [5.74, 6) is 1.000. The highest BCUT2D eigenvalue weighted by molar-refractivity contribution is 7.99. The van der Waals surface area contributed by atoms with E-state index in [9.17, 15) is 0 Å². The van der Waals surface area contributed by atoms with Crippen LogP contribution in [0.2, 0.25) is 5.28 Å². The van der Waals surface area contributed by atoms with Crippen molar-refractivity contribution < 1.29 is 0 Å². The van der Waals surface area contributed by atoms with Gasteiger partial charge in [0.2, 0.25) is 5.28 Å². The molecule has 0 atom stereocenters. The monoisotopic (exact) mass is 200 g/mol. The molecule has 2 rings (SSSR count). The van der Waals surface area contributed by atoms with Crippen molar-refractivity contribution in [2.24, 2.45) is 0 Å². The first-order chi connectivity index (χ1) is 5.59. The van der Waals surface area contributed by atoms with Crippen molar-refractivity contribution in [2.75, 3.05) is 0 Å². The molecule has 1 aliphatic rings. The number of halogens is 1. The quantitative estimate of drug-likeness (QED) is 0.603. The second-order valence-corrected chi connectivity index (χ2v) is 5.25. The Hall–Kier alpha value is -0.280. The summed E-state index contributed by atoms with van der Waals surface area (Å²) in [5, 5.41) is 0.351. The molecule has 2 nitrogen and oxygen atoms in total. The highest BCUT2D eigenvalue weighted by atomic mass is 35.5. The van der Waals surface area contributed by atoms with Crippen LogP contribution in [0.3, 0.4) is 0 Å². The lowest BCUT2D eigenvalue weighted by Gasteiger charge is -2.15. The van der Waals surface area contributed by atoms with Crippen LogP contribution in [-0.2, 0) is 10.5 Å². The van der Waals surface area contributed by atoms with E-state index in [-0.39, 0.29) is 4.75 Å². The van der Waals surface area contributed by atoms with Gasteiger partial charge in [-0.15, -0.1) is 11.8 Å². The molecule has 1 aromatic heterocycles. The van der Waals surface area contributed by atoms with E-state index in [2.05, 4.69) is 23.8 Å². The smallest absolute Gasteiger partial charge is 0.222 e. The Morgan fingerprint density at radius 2 is 2.33 bits per heavy atom. The highest BCUT2D eigenvalue weighted by Gasteiger charge is 2.32. The zero-order valence-corrected chi connectivity index (χ0v) is 8.54. The van der Waals surface area contributed by atoms with Crippen LogP contribution in [0.15, 0.2) is 6.20 Å². The number of thioether (sulfide) groups is 1. The van der Waals surface area contributed by atoms with Crippen LogP contribution in [0.4, 0.5) is 0 Å². The Morgan fingerprint density at radius 3 is 3.08 bits per heavy atom. The van der Waals surface area contributed by atoms with Crippen molar-refractivity contribution in [3.05, 3.63) is 22.7 Å². The summed E-state index contributed by atoms with van der Waals surface area (Å²) in [6.45, 7) is 4.32. The molecule has 0 N–H and O–H groups in total. The molecule has 1 aromatic rings. The van der Waals surface area contributed by atoms with Crippen molar-refractivity contribution >= 4 is 23.4 Å². The van der Waals surface area contributed by atoms with Crippen LogP contribution < -0.4 is 0 Å². The number of hydrogen-bond donors (Lipinski definition) is 0. The normalized spacial score (nSPS) is 19.2. The Morgan fingerprint density at radius 1 is 1.58 bits per heavy atom. The SMILES string of the molecule is CC1(C)SCc2cnc(Cl)nc21. The standard InChI is InChI=1S/C8H9ClN2S/c1-8(2)6-5(4-12-8)3-10-7(9)11-6/h3H,4H2,1-2H3. The Kier molecular flexibility index (Phi) is 1.81. The molecule has 1 aliphatic heterocycles. The molecule has 4 heteroatoms. The molecule has 12 heavy (non-hydrogen) atoms. The molecular formula is C8H9ClN2S. The maximum absolute atomic E-state index is 5.72. The lowest BCUT2D eigenvalue weighted by atomic mass is 10.1. The molecule has 0 fully saturated rings. The average molecular weight is 201 g/mol. The van der Waals surface area contributed by atoms with Gasteiger partial charge < -0.3 is 0 Å². The zero-order valence-electron chi connectivity index (χ0n) is 6.97. The Balaban J connectivity index is 2.57. The van der Waals surface area contributed by atoms with Crippen LogP contribution in [0.1, 0.15) is 25.1 Å². The van der Waals surface area contributed by atoms with E-state index in [1.165, 1.54) is 5.56 Å². The number of hydrogen-bond acceptors (Lipinski definition) is 3. The summed E-state index contributed by atoms with van der Waals surface area (Å²) in [6, 6.07) is 0. The largest absolute Gasteiger partial charge is 0.226 e. The van der Waals surface area contributed by atoms with Gasteiger partial charge in [-0.05, 0) is 25.4 Å². The fourth-order valence-electron chi connectivity index (χ4n) is 1.34. The minimum atomic E-state index is 0.0991. The van der Waals surface area contributed by atoms with Gasteiger partial charge in [0.1, 0.15) is 0 Å². The number of aromatic nitrogens is 2. The summed E-state index contributed by atoms with van der Waals surface area (Å²) in [4.78, 5) is 8.20. The second kappa shape index (κ2) is 2.60. The summed E-state index contributed by atoms with van der Waals surface area (Å²) in [5.41, 5.74) is 2.31. The molecule has 0 radical (unpaired) electrons. The summed E-state index contributed by atoms with van der Waals surface area (Å²) in [7, 11) is 0. The summed E-state index contributed by atoms with van der Waals surface area (Å²) >= 11 is 7.60. The topological polar surface area (TPSA) is 25.8 Å².